The van der Waals surface area contributed by atoms with Crippen LogP contribution in [0.15, 0.2) is 42.5 Å². The number of rotatable bonds is 4. The van der Waals surface area contributed by atoms with Gasteiger partial charge in [0.2, 0.25) is 0 Å². The summed E-state index contributed by atoms with van der Waals surface area (Å²) in [6.07, 6.45) is -4.33. The van der Waals surface area contributed by atoms with Gasteiger partial charge in [-0.2, -0.15) is 13.2 Å². The Morgan fingerprint density at radius 3 is 2.24 bits per heavy atom. The predicted molar refractivity (Wildman–Crippen MR) is 73.2 cm³/mol. The molecule has 0 saturated heterocycles. The van der Waals surface area contributed by atoms with E-state index in [0.29, 0.717) is 22.7 Å². The van der Waals surface area contributed by atoms with Crippen LogP contribution in [0.2, 0.25) is 0 Å². The Bertz CT molecular complexity index is 609. The smallest absolute Gasteiger partial charge is 0.416 e. The molecule has 6 heteroatoms. The van der Waals surface area contributed by atoms with Gasteiger partial charge in [0.1, 0.15) is 18.1 Å². The lowest BCUT2D eigenvalue weighted by Crippen LogP contribution is -2.05. The van der Waals surface area contributed by atoms with E-state index in [1.54, 1.807) is 18.2 Å². The summed E-state index contributed by atoms with van der Waals surface area (Å²) in [6, 6.07) is 9.77. The monoisotopic (exact) mass is 297 g/mol. The second-order valence-electron chi connectivity index (χ2n) is 4.39. The van der Waals surface area contributed by atoms with E-state index in [9.17, 15) is 13.2 Å². The van der Waals surface area contributed by atoms with Crippen LogP contribution in [-0.2, 0) is 12.8 Å². The molecule has 0 aliphatic rings. The first-order chi connectivity index (χ1) is 9.90. The van der Waals surface area contributed by atoms with Crippen LogP contribution >= 0.6 is 0 Å². The molecule has 2 aromatic rings. The molecule has 0 radical (unpaired) electrons. The van der Waals surface area contributed by atoms with E-state index < -0.39 is 11.7 Å². The van der Waals surface area contributed by atoms with Crippen molar-refractivity contribution >= 4 is 5.69 Å². The summed E-state index contributed by atoms with van der Waals surface area (Å²) in [7, 11) is 1.51. The highest BCUT2D eigenvalue weighted by Crippen LogP contribution is 2.29. The molecule has 0 bridgehead atoms. The molecular weight excluding hydrogens is 283 g/mol. The number of benzene rings is 2. The van der Waals surface area contributed by atoms with Crippen molar-refractivity contribution < 1.29 is 22.6 Å². The van der Waals surface area contributed by atoms with Gasteiger partial charge in [-0.15, -0.1) is 0 Å². The van der Waals surface area contributed by atoms with E-state index in [1.807, 2.05) is 0 Å². The Balaban J connectivity index is 2.01. The first-order valence-electron chi connectivity index (χ1n) is 6.12. The zero-order valence-electron chi connectivity index (χ0n) is 11.3. The summed E-state index contributed by atoms with van der Waals surface area (Å²) in [6.45, 7) is 0.157. The molecule has 0 aromatic heterocycles. The number of methoxy groups -OCH3 is 1. The molecule has 0 saturated carbocycles. The molecule has 0 aliphatic carbocycles. The largest absolute Gasteiger partial charge is 0.495 e. The fraction of sp³-hybridized carbons (Fsp3) is 0.200. The molecule has 0 fully saturated rings. The molecule has 2 N–H and O–H groups in total. The summed E-state index contributed by atoms with van der Waals surface area (Å²) < 4.78 is 47.8. The molecule has 0 heterocycles. The van der Waals surface area contributed by atoms with Crippen LogP contribution in [0, 0.1) is 0 Å². The first kappa shape index (κ1) is 15.0. The number of ether oxygens (including phenoxy) is 2. The summed E-state index contributed by atoms with van der Waals surface area (Å²) in [4.78, 5) is 0. The number of nitrogens with two attached hydrogens (primary N) is 1. The van der Waals surface area contributed by atoms with E-state index >= 15 is 0 Å². The highest BCUT2D eigenvalue weighted by Gasteiger charge is 2.29. The highest BCUT2D eigenvalue weighted by atomic mass is 19.4. The summed E-state index contributed by atoms with van der Waals surface area (Å²) in [5, 5.41) is 0. The summed E-state index contributed by atoms with van der Waals surface area (Å²) in [5.41, 5.74) is 6.13. The lowest BCUT2D eigenvalue weighted by molar-refractivity contribution is -0.137. The van der Waals surface area contributed by atoms with E-state index in [4.69, 9.17) is 15.2 Å². The van der Waals surface area contributed by atoms with Gasteiger partial charge in [0.25, 0.3) is 0 Å². The van der Waals surface area contributed by atoms with Crippen LogP contribution in [-0.4, -0.2) is 7.11 Å². The van der Waals surface area contributed by atoms with Crippen molar-refractivity contribution in [2.45, 2.75) is 12.8 Å². The zero-order valence-corrected chi connectivity index (χ0v) is 11.3. The third-order valence-electron chi connectivity index (χ3n) is 2.89. The maximum atomic E-state index is 12.4. The standard InChI is InChI=1S/C15H14F3NO2/c1-20-14-7-6-12(8-13(14)19)21-9-10-2-4-11(5-3-10)15(16,17)18/h2-8H,9,19H2,1H3. The van der Waals surface area contributed by atoms with Crippen LogP contribution in [0.4, 0.5) is 18.9 Å². The lowest BCUT2D eigenvalue weighted by Gasteiger charge is -2.10. The van der Waals surface area contributed by atoms with Crippen molar-refractivity contribution in [1.29, 1.82) is 0 Å². The zero-order chi connectivity index (χ0) is 15.5. The third kappa shape index (κ3) is 3.81. The van der Waals surface area contributed by atoms with Crippen molar-refractivity contribution in [3.63, 3.8) is 0 Å². The van der Waals surface area contributed by atoms with E-state index in [1.165, 1.54) is 19.2 Å². The normalized spacial score (nSPS) is 11.2. The van der Waals surface area contributed by atoms with Gasteiger partial charge in [-0.05, 0) is 29.8 Å². The second kappa shape index (κ2) is 5.95. The van der Waals surface area contributed by atoms with Gasteiger partial charge in [-0.1, -0.05) is 12.1 Å². The molecule has 3 nitrogen and oxygen atoms in total. The number of nitrogen functional groups attached to an aromatic ring is 1. The van der Waals surface area contributed by atoms with Gasteiger partial charge < -0.3 is 15.2 Å². The highest BCUT2D eigenvalue weighted by molar-refractivity contribution is 5.56. The molecule has 0 amide bonds. The predicted octanol–water partition coefficient (Wildman–Crippen LogP) is 3.88. The molecule has 112 valence electrons. The molecule has 0 spiro atoms. The van der Waals surface area contributed by atoms with Gasteiger partial charge in [0.05, 0.1) is 18.4 Å². The maximum Gasteiger partial charge on any atom is 0.416 e. The van der Waals surface area contributed by atoms with Crippen LogP contribution < -0.4 is 15.2 Å². The number of halogens is 3. The van der Waals surface area contributed by atoms with Crippen LogP contribution in [0.5, 0.6) is 11.5 Å². The van der Waals surface area contributed by atoms with E-state index in [0.717, 1.165) is 12.1 Å². The minimum Gasteiger partial charge on any atom is -0.495 e. The minimum absolute atomic E-state index is 0.157. The minimum atomic E-state index is -4.33. The topological polar surface area (TPSA) is 44.5 Å². The molecule has 0 atom stereocenters. The van der Waals surface area contributed by atoms with Crippen molar-refractivity contribution in [1.82, 2.24) is 0 Å². The molecular formula is C15H14F3NO2. The fourth-order valence-corrected chi connectivity index (χ4v) is 1.76. The van der Waals surface area contributed by atoms with Gasteiger partial charge in [-0.25, -0.2) is 0 Å². The van der Waals surface area contributed by atoms with Gasteiger partial charge in [0, 0.05) is 6.07 Å². The van der Waals surface area contributed by atoms with Crippen molar-refractivity contribution in [2.24, 2.45) is 0 Å². The summed E-state index contributed by atoms with van der Waals surface area (Å²) in [5.74, 6) is 1.06. The molecule has 2 rings (SSSR count). The van der Waals surface area contributed by atoms with E-state index in [-0.39, 0.29) is 6.61 Å². The van der Waals surface area contributed by atoms with Crippen LogP contribution in [0.3, 0.4) is 0 Å². The Labute approximate surface area is 120 Å². The van der Waals surface area contributed by atoms with Crippen molar-refractivity contribution in [3.8, 4) is 11.5 Å². The van der Waals surface area contributed by atoms with Crippen molar-refractivity contribution in [2.75, 3.05) is 12.8 Å². The number of hydrogen-bond acceptors (Lipinski definition) is 3. The number of anilines is 1. The fourth-order valence-electron chi connectivity index (χ4n) is 1.76. The second-order valence-corrected chi connectivity index (χ2v) is 4.39. The van der Waals surface area contributed by atoms with Crippen LogP contribution in [0.1, 0.15) is 11.1 Å². The maximum absolute atomic E-state index is 12.4. The Morgan fingerprint density at radius 1 is 1.05 bits per heavy atom. The lowest BCUT2D eigenvalue weighted by atomic mass is 10.1. The average molecular weight is 297 g/mol. The molecule has 21 heavy (non-hydrogen) atoms. The Morgan fingerprint density at radius 2 is 1.71 bits per heavy atom. The van der Waals surface area contributed by atoms with E-state index in [2.05, 4.69) is 0 Å². The molecule has 2 aromatic carbocycles. The number of alkyl halides is 3. The average Bonchev–Trinajstić information content (AvgIpc) is 2.45. The third-order valence-corrected chi connectivity index (χ3v) is 2.89. The van der Waals surface area contributed by atoms with Crippen LogP contribution in [0.25, 0.3) is 0 Å². The quantitative estimate of drug-likeness (QED) is 0.871. The van der Waals surface area contributed by atoms with Crippen molar-refractivity contribution in [3.05, 3.63) is 53.6 Å². The molecule has 0 aliphatic heterocycles. The Kier molecular flexibility index (Phi) is 4.26. The SMILES string of the molecule is COc1ccc(OCc2ccc(C(F)(F)F)cc2)cc1N. The first-order valence-corrected chi connectivity index (χ1v) is 6.12. The number of hydrogen-bond donors (Lipinski definition) is 1. The summed E-state index contributed by atoms with van der Waals surface area (Å²) >= 11 is 0. The van der Waals surface area contributed by atoms with Gasteiger partial charge >= 0.3 is 6.18 Å². The molecule has 0 unspecified atom stereocenters. The Hall–Kier alpha value is -2.37. The van der Waals surface area contributed by atoms with Gasteiger partial charge in [0.15, 0.2) is 0 Å². The van der Waals surface area contributed by atoms with Gasteiger partial charge in [-0.3, -0.25) is 0 Å².